The predicted octanol–water partition coefficient (Wildman–Crippen LogP) is 2.22. The number of rotatable bonds is 10. The summed E-state index contributed by atoms with van der Waals surface area (Å²) in [6.07, 6.45) is 0. The van der Waals surface area contributed by atoms with Gasteiger partial charge in [0.05, 0.1) is 13.7 Å². The highest BCUT2D eigenvalue weighted by molar-refractivity contribution is 7.98. The van der Waals surface area contributed by atoms with Crippen LogP contribution in [0.2, 0.25) is 0 Å². The standard InChI is InChI=1S/C16H22ClNO4S/c1-3-22-16(20)14(18-9-13(17)15(19)21-2)11-23-10-12-7-5-4-6-8-12/h4-8,13-14,18H,3,9-11H2,1-2H3. The molecule has 0 spiro atoms. The minimum Gasteiger partial charge on any atom is -0.468 e. The van der Waals surface area contributed by atoms with Gasteiger partial charge in [-0.1, -0.05) is 30.3 Å². The predicted molar refractivity (Wildman–Crippen MR) is 92.7 cm³/mol. The van der Waals surface area contributed by atoms with Crippen LogP contribution >= 0.6 is 23.4 Å². The average Bonchev–Trinajstić information content (AvgIpc) is 2.57. The van der Waals surface area contributed by atoms with Crippen molar-refractivity contribution in [1.82, 2.24) is 5.32 Å². The van der Waals surface area contributed by atoms with Crippen molar-refractivity contribution >= 4 is 35.3 Å². The van der Waals surface area contributed by atoms with Gasteiger partial charge in [0, 0.05) is 18.1 Å². The van der Waals surface area contributed by atoms with E-state index in [0.29, 0.717) is 12.4 Å². The second kappa shape index (κ2) is 11.3. The van der Waals surface area contributed by atoms with Gasteiger partial charge in [-0.05, 0) is 12.5 Å². The second-order valence-corrected chi connectivity index (χ2v) is 6.26. The Bertz CT molecular complexity index is 486. The number of hydrogen-bond acceptors (Lipinski definition) is 6. The van der Waals surface area contributed by atoms with Crippen LogP contribution < -0.4 is 5.32 Å². The zero-order valence-corrected chi connectivity index (χ0v) is 14.9. The Morgan fingerprint density at radius 2 is 1.96 bits per heavy atom. The maximum atomic E-state index is 12.0. The molecule has 0 fully saturated rings. The number of hydrogen-bond donors (Lipinski definition) is 1. The molecule has 1 rings (SSSR count). The summed E-state index contributed by atoms with van der Waals surface area (Å²) in [7, 11) is 1.27. The highest BCUT2D eigenvalue weighted by atomic mass is 35.5. The number of nitrogens with one attached hydrogen (secondary N) is 1. The Balaban J connectivity index is 2.48. The first-order valence-corrected chi connectivity index (χ1v) is 8.91. The number of benzene rings is 1. The van der Waals surface area contributed by atoms with Crippen molar-refractivity contribution in [1.29, 1.82) is 0 Å². The lowest BCUT2D eigenvalue weighted by atomic mass is 10.2. The molecule has 0 aliphatic carbocycles. The summed E-state index contributed by atoms with van der Waals surface area (Å²) in [6.45, 7) is 2.20. The van der Waals surface area contributed by atoms with Gasteiger partial charge in [0.15, 0.2) is 0 Å². The van der Waals surface area contributed by atoms with Crippen LogP contribution in [0, 0.1) is 0 Å². The summed E-state index contributed by atoms with van der Waals surface area (Å²) in [4.78, 5) is 23.3. The third-order valence-electron chi connectivity index (χ3n) is 2.97. The molecule has 0 bridgehead atoms. The summed E-state index contributed by atoms with van der Waals surface area (Å²) in [5.41, 5.74) is 1.19. The van der Waals surface area contributed by atoms with E-state index in [1.54, 1.807) is 18.7 Å². The minimum absolute atomic E-state index is 0.142. The van der Waals surface area contributed by atoms with Crippen LogP contribution in [0.4, 0.5) is 0 Å². The summed E-state index contributed by atoms with van der Waals surface area (Å²) in [5, 5.41) is 2.14. The summed E-state index contributed by atoms with van der Waals surface area (Å²) >= 11 is 7.50. The van der Waals surface area contributed by atoms with Crippen LogP contribution in [-0.2, 0) is 24.8 Å². The number of halogens is 1. The summed E-state index contributed by atoms with van der Waals surface area (Å²) in [5.74, 6) is 0.443. The number of esters is 2. The van der Waals surface area contributed by atoms with Crippen LogP contribution in [0.1, 0.15) is 12.5 Å². The third kappa shape index (κ3) is 7.72. The van der Waals surface area contributed by atoms with Gasteiger partial charge in [0.1, 0.15) is 11.4 Å². The number of thioether (sulfide) groups is 1. The first kappa shape index (κ1) is 19.8. The van der Waals surface area contributed by atoms with Crippen molar-refractivity contribution in [3.8, 4) is 0 Å². The van der Waals surface area contributed by atoms with Crippen LogP contribution in [-0.4, -0.2) is 49.4 Å². The molecule has 0 saturated heterocycles. The van der Waals surface area contributed by atoms with E-state index in [9.17, 15) is 9.59 Å². The smallest absolute Gasteiger partial charge is 0.325 e. The molecule has 0 aliphatic rings. The topological polar surface area (TPSA) is 64.6 Å². The molecule has 0 amide bonds. The molecule has 7 heteroatoms. The molecule has 1 aromatic carbocycles. The minimum atomic E-state index is -0.837. The molecule has 128 valence electrons. The van der Waals surface area contributed by atoms with Crippen LogP contribution in [0.15, 0.2) is 30.3 Å². The Labute approximate surface area is 146 Å². The normalized spacial score (nSPS) is 13.2. The molecule has 0 aliphatic heterocycles. The van der Waals surface area contributed by atoms with E-state index >= 15 is 0 Å². The van der Waals surface area contributed by atoms with Gasteiger partial charge >= 0.3 is 11.9 Å². The van der Waals surface area contributed by atoms with Gasteiger partial charge in [-0.15, -0.1) is 11.6 Å². The lowest BCUT2D eigenvalue weighted by Gasteiger charge is -2.18. The molecule has 1 N–H and O–H groups in total. The Morgan fingerprint density at radius 3 is 2.57 bits per heavy atom. The zero-order valence-electron chi connectivity index (χ0n) is 13.3. The SMILES string of the molecule is CCOC(=O)C(CSCc1ccccc1)NCC(Cl)C(=O)OC. The van der Waals surface area contributed by atoms with Crippen LogP contribution in [0.3, 0.4) is 0 Å². The molecule has 2 unspecified atom stereocenters. The number of carbonyl (C=O) groups is 2. The fraction of sp³-hybridized carbons (Fsp3) is 0.500. The van der Waals surface area contributed by atoms with Crippen molar-refractivity contribution in [3.63, 3.8) is 0 Å². The van der Waals surface area contributed by atoms with Gasteiger partial charge in [0.2, 0.25) is 0 Å². The van der Waals surface area contributed by atoms with E-state index in [4.69, 9.17) is 16.3 Å². The Morgan fingerprint density at radius 1 is 1.26 bits per heavy atom. The van der Waals surface area contributed by atoms with Crippen molar-refractivity contribution in [2.24, 2.45) is 0 Å². The number of methoxy groups -OCH3 is 1. The van der Waals surface area contributed by atoms with Crippen LogP contribution in [0.5, 0.6) is 0 Å². The summed E-state index contributed by atoms with van der Waals surface area (Å²) in [6, 6.07) is 9.47. The van der Waals surface area contributed by atoms with Crippen LogP contribution in [0.25, 0.3) is 0 Å². The molecular formula is C16H22ClNO4S. The van der Waals surface area contributed by atoms with E-state index in [0.717, 1.165) is 5.75 Å². The lowest BCUT2D eigenvalue weighted by molar-refractivity contribution is -0.145. The molecule has 23 heavy (non-hydrogen) atoms. The largest absolute Gasteiger partial charge is 0.468 e. The molecular weight excluding hydrogens is 338 g/mol. The van der Waals surface area contributed by atoms with E-state index in [2.05, 4.69) is 10.1 Å². The average molecular weight is 360 g/mol. The van der Waals surface area contributed by atoms with E-state index < -0.39 is 17.4 Å². The van der Waals surface area contributed by atoms with Gasteiger partial charge in [-0.2, -0.15) is 11.8 Å². The highest BCUT2D eigenvalue weighted by Gasteiger charge is 2.23. The maximum absolute atomic E-state index is 12.0. The first-order valence-electron chi connectivity index (χ1n) is 7.32. The quantitative estimate of drug-likeness (QED) is 0.510. The second-order valence-electron chi connectivity index (χ2n) is 4.70. The van der Waals surface area contributed by atoms with Gasteiger partial charge in [-0.25, -0.2) is 0 Å². The monoisotopic (exact) mass is 359 g/mol. The van der Waals surface area contributed by atoms with E-state index in [1.165, 1.54) is 12.7 Å². The molecule has 0 aromatic heterocycles. The molecule has 2 atom stereocenters. The fourth-order valence-electron chi connectivity index (χ4n) is 1.78. The summed E-state index contributed by atoms with van der Waals surface area (Å²) < 4.78 is 9.61. The molecule has 0 saturated carbocycles. The lowest BCUT2D eigenvalue weighted by Crippen LogP contribution is -2.44. The van der Waals surface area contributed by atoms with Crippen molar-refractivity contribution in [2.45, 2.75) is 24.1 Å². The Kier molecular flexibility index (Phi) is 9.75. The molecule has 0 heterocycles. The number of carbonyl (C=O) groups excluding carboxylic acids is 2. The molecule has 0 radical (unpaired) electrons. The zero-order chi connectivity index (χ0) is 17.1. The third-order valence-corrected chi connectivity index (χ3v) is 4.41. The first-order chi connectivity index (χ1) is 11.1. The van der Waals surface area contributed by atoms with Gasteiger partial charge < -0.3 is 14.8 Å². The number of alkyl halides is 1. The van der Waals surface area contributed by atoms with E-state index in [1.807, 2.05) is 30.3 Å². The fourth-order valence-corrected chi connectivity index (χ4v) is 2.99. The van der Waals surface area contributed by atoms with Crippen molar-refractivity contribution in [2.75, 3.05) is 26.0 Å². The highest BCUT2D eigenvalue weighted by Crippen LogP contribution is 2.13. The van der Waals surface area contributed by atoms with Crippen molar-refractivity contribution in [3.05, 3.63) is 35.9 Å². The molecule has 5 nitrogen and oxygen atoms in total. The molecule has 1 aromatic rings. The van der Waals surface area contributed by atoms with Gasteiger partial charge in [-0.3, -0.25) is 9.59 Å². The maximum Gasteiger partial charge on any atom is 0.325 e. The van der Waals surface area contributed by atoms with E-state index in [-0.39, 0.29) is 12.5 Å². The Hall–Kier alpha value is -1.24. The van der Waals surface area contributed by atoms with Crippen molar-refractivity contribution < 1.29 is 19.1 Å². The number of ether oxygens (including phenoxy) is 2. The van der Waals surface area contributed by atoms with Gasteiger partial charge in [0.25, 0.3) is 0 Å².